The van der Waals surface area contributed by atoms with Crippen molar-refractivity contribution in [2.75, 3.05) is 6.61 Å². The van der Waals surface area contributed by atoms with Gasteiger partial charge in [-0.2, -0.15) is 0 Å². The number of hydrogen-bond donors (Lipinski definition) is 2. The van der Waals surface area contributed by atoms with Crippen LogP contribution in [0.15, 0.2) is 41.6 Å². The van der Waals surface area contributed by atoms with Crippen molar-refractivity contribution in [1.82, 2.24) is 9.97 Å². The summed E-state index contributed by atoms with van der Waals surface area (Å²) in [7, 11) is 0. The molecule has 26 heavy (non-hydrogen) atoms. The first-order valence-electron chi connectivity index (χ1n) is 7.80. The molecule has 8 nitrogen and oxygen atoms in total. The predicted octanol–water partition coefficient (Wildman–Crippen LogP) is 3.26. The van der Waals surface area contributed by atoms with Gasteiger partial charge in [-0.15, -0.1) is 0 Å². The van der Waals surface area contributed by atoms with E-state index in [9.17, 15) is 14.9 Å². The lowest BCUT2D eigenvalue weighted by Gasteiger charge is -2.03. The highest BCUT2D eigenvalue weighted by molar-refractivity contribution is 7.98. The van der Waals surface area contributed by atoms with Crippen LogP contribution < -0.4 is 10.5 Å². The number of rotatable bonds is 7. The molecule has 0 radical (unpaired) electrons. The highest BCUT2D eigenvalue weighted by Gasteiger charge is 2.17. The second kappa shape index (κ2) is 7.44. The van der Waals surface area contributed by atoms with E-state index in [0.717, 1.165) is 16.8 Å². The van der Waals surface area contributed by atoms with Gasteiger partial charge in [0.15, 0.2) is 5.16 Å². The fraction of sp³-hybridized carbons (Fsp3) is 0.176. The highest BCUT2D eigenvalue weighted by Crippen LogP contribution is 2.29. The van der Waals surface area contributed by atoms with Crippen molar-refractivity contribution in [3.63, 3.8) is 0 Å². The number of carbonyl (C=O) groups is 1. The molecular weight excluding hydrogens is 356 g/mol. The molecule has 0 saturated heterocycles. The summed E-state index contributed by atoms with van der Waals surface area (Å²) in [5.74, 6) is 0.376. The van der Waals surface area contributed by atoms with Crippen LogP contribution in [0.25, 0.3) is 11.0 Å². The van der Waals surface area contributed by atoms with Crippen molar-refractivity contribution in [2.45, 2.75) is 17.8 Å². The van der Waals surface area contributed by atoms with Crippen LogP contribution >= 0.6 is 11.8 Å². The number of imidazole rings is 1. The van der Waals surface area contributed by atoms with Crippen LogP contribution in [-0.2, 0) is 5.75 Å². The molecule has 3 rings (SSSR count). The van der Waals surface area contributed by atoms with Crippen LogP contribution in [0.5, 0.6) is 5.75 Å². The minimum atomic E-state index is -0.699. The normalized spacial score (nSPS) is 10.8. The Morgan fingerprint density at radius 3 is 2.85 bits per heavy atom. The maximum atomic E-state index is 11.3. The minimum Gasteiger partial charge on any atom is -0.494 e. The number of nitrogens with two attached hydrogens (primary N) is 1. The number of nitrogens with zero attached hydrogens (tertiary/aromatic N) is 2. The number of fused-ring (bicyclic) bond motifs is 1. The molecule has 1 amide bonds. The summed E-state index contributed by atoms with van der Waals surface area (Å²) in [5.41, 5.74) is 7.26. The number of thioether (sulfide) groups is 1. The van der Waals surface area contributed by atoms with Gasteiger partial charge in [0, 0.05) is 29.0 Å². The molecule has 0 aliphatic carbocycles. The fourth-order valence-corrected chi connectivity index (χ4v) is 3.33. The number of amides is 1. The second-order valence-electron chi connectivity index (χ2n) is 5.41. The molecule has 0 bridgehead atoms. The molecule has 3 aromatic rings. The number of hydrogen-bond acceptors (Lipinski definition) is 6. The molecule has 0 unspecified atom stereocenters. The third-order valence-electron chi connectivity index (χ3n) is 3.67. The Morgan fingerprint density at radius 2 is 2.15 bits per heavy atom. The largest absolute Gasteiger partial charge is 0.494 e. The van der Waals surface area contributed by atoms with Crippen LogP contribution in [0.1, 0.15) is 22.8 Å². The second-order valence-corrected chi connectivity index (χ2v) is 6.37. The van der Waals surface area contributed by atoms with E-state index in [0.29, 0.717) is 23.1 Å². The summed E-state index contributed by atoms with van der Waals surface area (Å²) in [5, 5.41) is 11.9. The van der Waals surface area contributed by atoms with Gasteiger partial charge in [0.1, 0.15) is 5.75 Å². The third kappa shape index (κ3) is 3.77. The van der Waals surface area contributed by atoms with Crippen molar-refractivity contribution in [1.29, 1.82) is 0 Å². The zero-order valence-corrected chi connectivity index (χ0v) is 14.7. The van der Waals surface area contributed by atoms with Gasteiger partial charge in [0.05, 0.1) is 22.6 Å². The van der Waals surface area contributed by atoms with Gasteiger partial charge in [-0.3, -0.25) is 14.9 Å². The Morgan fingerprint density at radius 1 is 1.35 bits per heavy atom. The number of H-pyrrole nitrogens is 1. The van der Waals surface area contributed by atoms with Gasteiger partial charge in [0.25, 0.3) is 5.69 Å². The van der Waals surface area contributed by atoms with Crippen molar-refractivity contribution in [3.8, 4) is 5.75 Å². The number of nitrogens with one attached hydrogen (secondary N) is 1. The van der Waals surface area contributed by atoms with E-state index in [1.807, 2.05) is 25.1 Å². The molecule has 0 aliphatic rings. The summed E-state index contributed by atoms with van der Waals surface area (Å²) in [4.78, 5) is 29.6. The molecule has 9 heteroatoms. The average Bonchev–Trinajstić information content (AvgIpc) is 3.02. The van der Waals surface area contributed by atoms with Gasteiger partial charge in [-0.1, -0.05) is 17.8 Å². The maximum absolute atomic E-state index is 11.3. The molecule has 1 aromatic heterocycles. The third-order valence-corrected chi connectivity index (χ3v) is 4.60. The van der Waals surface area contributed by atoms with Crippen LogP contribution in [0.3, 0.4) is 0 Å². The number of nitro benzene ring substituents is 1. The Hall–Kier alpha value is -3.07. The average molecular weight is 372 g/mol. The minimum absolute atomic E-state index is 0.109. The lowest BCUT2D eigenvalue weighted by molar-refractivity contribution is -0.385. The van der Waals surface area contributed by atoms with E-state index in [4.69, 9.17) is 10.5 Å². The van der Waals surface area contributed by atoms with Gasteiger partial charge >= 0.3 is 0 Å². The number of nitro groups is 1. The zero-order valence-electron chi connectivity index (χ0n) is 13.9. The fourth-order valence-electron chi connectivity index (χ4n) is 2.45. The zero-order chi connectivity index (χ0) is 18.7. The van der Waals surface area contributed by atoms with E-state index in [1.54, 1.807) is 6.07 Å². The van der Waals surface area contributed by atoms with E-state index < -0.39 is 10.8 Å². The van der Waals surface area contributed by atoms with E-state index in [-0.39, 0.29) is 11.3 Å². The first-order chi connectivity index (χ1) is 12.5. The highest BCUT2D eigenvalue weighted by atomic mass is 32.2. The van der Waals surface area contributed by atoms with Crippen molar-refractivity contribution in [2.24, 2.45) is 5.73 Å². The molecule has 0 spiro atoms. The van der Waals surface area contributed by atoms with E-state index in [1.165, 1.54) is 23.9 Å². The summed E-state index contributed by atoms with van der Waals surface area (Å²) in [6, 6.07) is 9.78. The first kappa shape index (κ1) is 17.7. The Bertz CT molecular complexity index is 986. The molecular formula is C17H16N4O4S. The summed E-state index contributed by atoms with van der Waals surface area (Å²) >= 11 is 1.34. The molecule has 0 aliphatic heterocycles. The molecule has 0 atom stereocenters. The maximum Gasteiger partial charge on any atom is 0.274 e. The number of carbonyl (C=O) groups excluding carboxylic acids is 1. The van der Waals surface area contributed by atoms with Crippen LogP contribution in [0.4, 0.5) is 5.69 Å². The smallest absolute Gasteiger partial charge is 0.274 e. The number of primary amides is 1. The summed E-state index contributed by atoms with van der Waals surface area (Å²) in [6.45, 7) is 2.49. The number of benzene rings is 2. The number of ether oxygens (including phenoxy) is 1. The van der Waals surface area contributed by atoms with E-state index in [2.05, 4.69) is 9.97 Å². The number of aromatic nitrogens is 2. The van der Waals surface area contributed by atoms with Crippen LogP contribution in [-0.4, -0.2) is 27.4 Å². The standard InChI is InChI=1S/C17H16N4O4S/c1-2-25-12-5-6-13-14(8-12)20-17(19-13)26-9-11-4-3-10(16(18)22)7-15(11)21(23)24/h3-8H,2,9H2,1H3,(H2,18,22)(H,19,20). The number of aromatic amines is 1. The van der Waals surface area contributed by atoms with Crippen molar-refractivity contribution >= 4 is 34.4 Å². The predicted molar refractivity (Wildman–Crippen MR) is 98.4 cm³/mol. The van der Waals surface area contributed by atoms with Crippen molar-refractivity contribution in [3.05, 3.63) is 57.6 Å². The monoisotopic (exact) mass is 372 g/mol. The summed E-state index contributed by atoms with van der Waals surface area (Å²) < 4.78 is 5.46. The molecule has 3 N–H and O–H groups in total. The van der Waals surface area contributed by atoms with Gasteiger partial charge in [-0.05, 0) is 25.1 Å². The van der Waals surface area contributed by atoms with Gasteiger partial charge in [-0.25, -0.2) is 4.98 Å². The topological polar surface area (TPSA) is 124 Å². The SMILES string of the molecule is CCOc1ccc2nc(SCc3ccc(C(N)=O)cc3[N+](=O)[O-])[nH]c2c1. The Balaban J connectivity index is 1.81. The summed E-state index contributed by atoms with van der Waals surface area (Å²) in [6.07, 6.45) is 0. The molecule has 134 valence electrons. The van der Waals surface area contributed by atoms with E-state index >= 15 is 0 Å². The Labute approximate surface area is 152 Å². The molecule has 0 fully saturated rings. The lowest BCUT2D eigenvalue weighted by atomic mass is 10.1. The molecule has 1 heterocycles. The Kier molecular flexibility index (Phi) is 5.08. The lowest BCUT2D eigenvalue weighted by Crippen LogP contribution is -2.11. The molecule has 2 aromatic carbocycles. The van der Waals surface area contributed by atoms with Crippen molar-refractivity contribution < 1.29 is 14.5 Å². The van der Waals surface area contributed by atoms with Gasteiger partial charge in [0.2, 0.25) is 5.91 Å². The first-order valence-corrected chi connectivity index (χ1v) is 8.79. The van der Waals surface area contributed by atoms with Gasteiger partial charge < -0.3 is 15.5 Å². The molecule has 0 saturated carbocycles. The van der Waals surface area contributed by atoms with Crippen LogP contribution in [0, 0.1) is 10.1 Å². The van der Waals surface area contributed by atoms with Crippen LogP contribution in [0.2, 0.25) is 0 Å². The quantitative estimate of drug-likeness (QED) is 0.373.